The van der Waals surface area contributed by atoms with E-state index in [-0.39, 0.29) is 39.3 Å². The molecule has 2 aromatic carbocycles. The predicted molar refractivity (Wildman–Crippen MR) is 109 cm³/mol. The number of primary amides is 1. The molecule has 30 heavy (non-hydrogen) atoms. The van der Waals surface area contributed by atoms with E-state index in [2.05, 4.69) is 10.2 Å². The summed E-state index contributed by atoms with van der Waals surface area (Å²) in [7, 11) is -4.46. The van der Waals surface area contributed by atoms with Gasteiger partial charge in [-0.3, -0.25) is 18.7 Å². The molecule has 11 heteroatoms. The van der Waals surface area contributed by atoms with E-state index in [9.17, 15) is 27.7 Å². The van der Waals surface area contributed by atoms with Gasteiger partial charge in [0.25, 0.3) is 21.6 Å². The lowest BCUT2D eigenvalue weighted by atomic mass is 10.1. The molecule has 0 saturated carbocycles. The zero-order chi connectivity index (χ0) is 22.2. The van der Waals surface area contributed by atoms with Gasteiger partial charge >= 0.3 is 0 Å². The predicted octanol–water partition coefficient (Wildman–Crippen LogP) is 2.80. The number of pyridine rings is 1. The fourth-order valence-electron chi connectivity index (χ4n) is 3.14. The lowest BCUT2D eigenvalue weighted by molar-refractivity contribution is 0.0995. The SMILES string of the molecule is CCn1c(O)c(C(N)=O)c(C)c(N=Nc2ccc3cccc(S(=O)(=O)O)c3c2)c1=O. The van der Waals surface area contributed by atoms with E-state index in [0.29, 0.717) is 5.39 Å². The smallest absolute Gasteiger partial charge is 0.295 e. The second-order valence-corrected chi connectivity index (χ2v) is 7.81. The zero-order valence-electron chi connectivity index (χ0n) is 16.0. The molecule has 3 rings (SSSR count). The van der Waals surface area contributed by atoms with Gasteiger partial charge in [-0.05, 0) is 37.4 Å². The number of nitrogens with two attached hydrogens (primary N) is 1. The number of nitrogens with zero attached hydrogens (tertiary/aromatic N) is 3. The molecule has 10 nitrogen and oxygen atoms in total. The molecule has 156 valence electrons. The third kappa shape index (κ3) is 3.67. The third-order valence-electron chi connectivity index (χ3n) is 4.59. The summed E-state index contributed by atoms with van der Waals surface area (Å²) in [6, 6.07) is 8.93. The van der Waals surface area contributed by atoms with Crippen molar-refractivity contribution < 1.29 is 22.9 Å². The highest BCUT2D eigenvalue weighted by Gasteiger charge is 2.22. The molecule has 0 fully saturated rings. The number of rotatable bonds is 5. The normalized spacial score (nSPS) is 12.0. The fraction of sp³-hybridized carbons (Fsp3) is 0.158. The molecule has 0 unspecified atom stereocenters. The molecule has 0 saturated heterocycles. The largest absolute Gasteiger partial charge is 0.494 e. The first-order valence-electron chi connectivity index (χ1n) is 8.74. The molecule has 1 heterocycles. The van der Waals surface area contributed by atoms with Crippen molar-refractivity contribution in [2.24, 2.45) is 16.0 Å². The summed E-state index contributed by atoms with van der Waals surface area (Å²) in [5, 5.41) is 18.8. The van der Waals surface area contributed by atoms with E-state index < -0.39 is 27.5 Å². The maximum Gasteiger partial charge on any atom is 0.295 e. The maximum atomic E-state index is 12.6. The van der Waals surface area contributed by atoms with E-state index in [1.54, 1.807) is 25.1 Å². The van der Waals surface area contributed by atoms with Gasteiger partial charge in [0, 0.05) is 17.5 Å². The van der Waals surface area contributed by atoms with Gasteiger partial charge in [0.1, 0.15) is 10.5 Å². The van der Waals surface area contributed by atoms with Gasteiger partial charge in [0.05, 0.1) is 5.69 Å². The minimum atomic E-state index is -4.46. The molecule has 0 aliphatic heterocycles. The van der Waals surface area contributed by atoms with E-state index >= 15 is 0 Å². The van der Waals surface area contributed by atoms with Gasteiger partial charge in [-0.15, -0.1) is 5.11 Å². The van der Waals surface area contributed by atoms with Crippen molar-refractivity contribution in [1.29, 1.82) is 0 Å². The zero-order valence-corrected chi connectivity index (χ0v) is 16.8. The van der Waals surface area contributed by atoms with Gasteiger partial charge in [0.2, 0.25) is 5.88 Å². The minimum Gasteiger partial charge on any atom is -0.494 e. The van der Waals surface area contributed by atoms with Crippen LogP contribution in [0.5, 0.6) is 5.88 Å². The molecule has 4 N–H and O–H groups in total. The van der Waals surface area contributed by atoms with Crippen molar-refractivity contribution in [2.75, 3.05) is 0 Å². The highest BCUT2D eigenvalue weighted by atomic mass is 32.2. The fourth-order valence-corrected chi connectivity index (χ4v) is 3.84. The summed E-state index contributed by atoms with van der Waals surface area (Å²) in [5.41, 5.74) is 4.50. The second-order valence-electron chi connectivity index (χ2n) is 6.42. The Morgan fingerprint density at radius 1 is 1.20 bits per heavy atom. The number of hydrogen-bond donors (Lipinski definition) is 3. The van der Waals surface area contributed by atoms with E-state index in [1.165, 1.54) is 25.1 Å². The van der Waals surface area contributed by atoms with Gasteiger partial charge in [-0.2, -0.15) is 13.5 Å². The molecular formula is C19H18N4O6S. The lowest BCUT2D eigenvalue weighted by Gasteiger charge is -2.13. The number of azo groups is 1. The highest BCUT2D eigenvalue weighted by Crippen LogP contribution is 2.30. The second kappa shape index (κ2) is 7.69. The minimum absolute atomic E-state index is 0.0675. The summed E-state index contributed by atoms with van der Waals surface area (Å²) in [6.45, 7) is 3.08. The van der Waals surface area contributed by atoms with Crippen molar-refractivity contribution in [2.45, 2.75) is 25.3 Å². The van der Waals surface area contributed by atoms with Crippen LogP contribution in [0.15, 0.2) is 56.3 Å². The number of carbonyl (C=O) groups excluding carboxylic acids is 1. The van der Waals surface area contributed by atoms with Crippen molar-refractivity contribution in [3.63, 3.8) is 0 Å². The summed E-state index contributed by atoms with van der Waals surface area (Å²) in [6.07, 6.45) is 0. The molecule has 0 atom stereocenters. The Morgan fingerprint density at radius 2 is 1.90 bits per heavy atom. The van der Waals surface area contributed by atoms with E-state index in [1.807, 2.05) is 0 Å². The summed E-state index contributed by atoms with van der Waals surface area (Å²) >= 11 is 0. The van der Waals surface area contributed by atoms with Crippen LogP contribution in [-0.2, 0) is 16.7 Å². The van der Waals surface area contributed by atoms with Gasteiger partial charge < -0.3 is 10.8 Å². The van der Waals surface area contributed by atoms with Crippen LogP contribution in [0.25, 0.3) is 10.8 Å². The number of benzene rings is 2. The van der Waals surface area contributed by atoms with Crippen LogP contribution in [-0.4, -0.2) is 28.6 Å². The number of hydrogen-bond acceptors (Lipinski definition) is 7. The number of carbonyl (C=O) groups is 1. The Bertz CT molecular complexity index is 1380. The van der Waals surface area contributed by atoms with Gasteiger partial charge in [0.15, 0.2) is 5.69 Å². The molecular weight excluding hydrogens is 412 g/mol. The Morgan fingerprint density at radius 3 is 2.50 bits per heavy atom. The number of fused-ring (bicyclic) bond motifs is 1. The Balaban J connectivity index is 2.19. The highest BCUT2D eigenvalue weighted by molar-refractivity contribution is 7.86. The van der Waals surface area contributed by atoms with Gasteiger partial charge in [-0.1, -0.05) is 18.2 Å². The van der Waals surface area contributed by atoms with Crippen molar-refractivity contribution in [3.05, 3.63) is 57.9 Å². The first-order chi connectivity index (χ1) is 14.1. The molecule has 0 bridgehead atoms. The molecule has 3 aromatic rings. The Kier molecular flexibility index (Phi) is 5.42. The average Bonchev–Trinajstić information content (AvgIpc) is 2.66. The van der Waals surface area contributed by atoms with Crippen LogP contribution in [0.1, 0.15) is 22.8 Å². The number of amides is 1. The van der Waals surface area contributed by atoms with Crippen molar-refractivity contribution in [1.82, 2.24) is 4.57 Å². The summed E-state index contributed by atoms with van der Waals surface area (Å²) in [5.74, 6) is -1.47. The first kappa shape index (κ1) is 21.1. The van der Waals surface area contributed by atoms with Crippen LogP contribution in [0.4, 0.5) is 11.4 Å². The topological polar surface area (TPSA) is 164 Å². The van der Waals surface area contributed by atoms with E-state index in [0.717, 1.165) is 4.57 Å². The van der Waals surface area contributed by atoms with Crippen LogP contribution in [0.2, 0.25) is 0 Å². The molecule has 0 spiro atoms. The molecule has 1 amide bonds. The van der Waals surface area contributed by atoms with Crippen LogP contribution in [0, 0.1) is 6.92 Å². The van der Waals surface area contributed by atoms with Crippen LogP contribution in [0.3, 0.4) is 0 Å². The molecule has 0 radical (unpaired) electrons. The molecule has 0 aliphatic rings. The quantitative estimate of drug-likeness (QED) is 0.416. The number of aromatic nitrogens is 1. The van der Waals surface area contributed by atoms with Gasteiger partial charge in [-0.25, -0.2) is 0 Å². The summed E-state index contributed by atoms with van der Waals surface area (Å²) in [4.78, 5) is 24.1. The van der Waals surface area contributed by atoms with Crippen LogP contribution < -0.4 is 11.3 Å². The molecule has 1 aromatic heterocycles. The molecule has 0 aliphatic carbocycles. The maximum absolute atomic E-state index is 12.6. The van der Waals surface area contributed by atoms with Crippen LogP contribution >= 0.6 is 0 Å². The Hall–Kier alpha value is -3.57. The third-order valence-corrected chi connectivity index (χ3v) is 5.50. The van der Waals surface area contributed by atoms with Crippen molar-refractivity contribution in [3.8, 4) is 5.88 Å². The summed E-state index contributed by atoms with van der Waals surface area (Å²) < 4.78 is 33.6. The Labute approximate surface area is 171 Å². The average molecular weight is 430 g/mol. The number of aromatic hydroxyl groups is 1. The van der Waals surface area contributed by atoms with Crippen molar-refractivity contribution >= 4 is 38.2 Å². The monoisotopic (exact) mass is 430 g/mol. The lowest BCUT2D eigenvalue weighted by Crippen LogP contribution is -2.25. The first-order valence-corrected chi connectivity index (χ1v) is 10.2. The van der Waals surface area contributed by atoms with E-state index in [4.69, 9.17) is 5.73 Å². The standard InChI is InChI=1S/C19H18N4O6S/c1-3-23-18(25)15(17(20)24)10(2)16(19(23)26)22-21-12-8-7-11-5-4-6-14(13(11)9-12)30(27,28)29/h4-9,25H,3H2,1-2H3,(H2,20,24)(H,27,28,29).